The molecule has 2 aromatic rings. The summed E-state index contributed by atoms with van der Waals surface area (Å²) in [6.45, 7) is 0.673. The summed E-state index contributed by atoms with van der Waals surface area (Å²) in [5.74, 6) is 0.794. The molecule has 1 aliphatic rings. The van der Waals surface area contributed by atoms with Crippen molar-refractivity contribution in [1.29, 1.82) is 0 Å². The van der Waals surface area contributed by atoms with Gasteiger partial charge in [0.15, 0.2) is 0 Å². The molecule has 0 saturated heterocycles. The Morgan fingerprint density at radius 2 is 2.23 bits per heavy atom. The van der Waals surface area contributed by atoms with Crippen LogP contribution in [0, 0.1) is 0 Å². The highest BCUT2D eigenvalue weighted by molar-refractivity contribution is 5.89. The number of aryl methyl sites for hydroxylation is 1. The van der Waals surface area contributed by atoms with Crippen LogP contribution in [0.2, 0.25) is 0 Å². The summed E-state index contributed by atoms with van der Waals surface area (Å²) in [5.41, 5.74) is 2.71. The van der Waals surface area contributed by atoms with Gasteiger partial charge in [-0.2, -0.15) is 5.10 Å². The van der Waals surface area contributed by atoms with Gasteiger partial charge >= 0.3 is 0 Å². The molecule has 1 unspecified atom stereocenters. The molecule has 0 saturated carbocycles. The first kappa shape index (κ1) is 14.8. The summed E-state index contributed by atoms with van der Waals surface area (Å²) in [6.07, 6.45) is 5.54. The Morgan fingerprint density at radius 1 is 1.36 bits per heavy atom. The smallest absolute Gasteiger partial charge is 0.226 e. The number of hydrogen-bond acceptors (Lipinski definition) is 3. The molecule has 0 spiro atoms. The Kier molecular flexibility index (Phi) is 4.53. The second kappa shape index (κ2) is 6.75. The fourth-order valence-electron chi connectivity index (χ4n) is 3.09. The lowest BCUT2D eigenvalue weighted by molar-refractivity contribution is -0.116. The van der Waals surface area contributed by atoms with Gasteiger partial charge in [0.2, 0.25) is 5.91 Å². The number of benzene rings is 1. The molecule has 5 heteroatoms. The third-order valence-corrected chi connectivity index (χ3v) is 4.17. The topological polar surface area (TPSA) is 59.0 Å². The number of fused-ring (bicyclic) bond motifs is 1. The van der Waals surface area contributed by atoms with Crippen LogP contribution in [0.25, 0.3) is 0 Å². The zero-order valence-electron chi connectivity index (χ0n) is 12.9. The Balaban J connectivity index is 1.82. The SMILES string of the molecule is CNCCC(=O)Nc1ccnn1C1CCCc2ccccc21. The second-order valence-electron chi connectivity index (χ2n) is 5.67. The molecule has 1 aliphatic carbocycles. The fraction of sp³-hybridized carbons (Fsp3) is 0.412. The van der Waals surface area contributed by atoms with Crippen LogP contribution in [0.1, 0.15) is 36.4 Å². The monoisotopic (exact) mass is 298 g/mol. The Labute approximate surface area is 130 Å². The highest BCUT2D eigenvalue weighted by Crippen LogP contribution is 2.34. The number of carbonyl (C=O) groups excluding carboxylic acids is 1. The van der Waals surface area contributed by atoms with E-state index in [2.05, 4.69) is 40.0 Å². The Hall–Kier alpha value is -2.14. The van der Waals surface area contributed by atoms with E-state index in [0.717, 1.165) is 25.1 Å². The molecule has 0 bridgehead atoms. The summed E-state index contributed by atoms with van der Waals surface area (Å²) in [4.78, 5) is 12.0. The van der Waals surface area contributed by atoms with E-state index in [1.807, 2.05) is 17.8 Å². The highest BCUT2D eigenvalue weighted by Gasteiger charge is 2.23. The number of nitrogens with one attached hydrogen (secondary N) is 2. The van der Waals surface area contributed by atoms with Gasteiger partial charge in [0.1, 0.15) is 5.82 Å². The number of hydrogen-bond donors (Lipinski definition) is 2. The molecular weight excluding hydrogens is 276 g/mol. The van der Waals surface area contributed by atoms with Gasteiger partial charge in [-0.15, -0.1) is 0 Å². The lowest BCUT2D eigenvalue weighted by Crippen LogP contribution is -2.24. The minimum atomic E-state index is 0.0141. The second-order valence-corrected chi connectivity index (χ2v) is 5.67. The molecule has 1 amide bonds. The van der Waals surface area contributed by atoms with Crippen LogP contribution in [0.3, 0.4) is 0 Å². The van der Waals surface area contributed by atoms with Crippen molar-refractivity contribution in [3.05, 3.63) is 47.7 Å². The lowest BCUT2D eigenvalue weighted by Gasteiger charge is -2.27. The minimum Gasteiger partial charge on any atom is -0.319 e. The van der Waals surface area contributed by atoms with Crippen molar-refractivity contribution >= 4 is 11.7 Å². The molecule has 0 radical (unpaired) electrons. The van der Waals surface area contributed by atoms with Gasteiger partial charge in [0, 0.05) is 19.0 Å². The van der Waals surface area contributed by atoms with E-state index in [-0.39, 0.29) is 11.9 Å². The summed E-state index contributed by atoms with van der Waals surface area (Å²) < 4.78 is 1.95. The third kappa shape index (κ3) is 3.04. The van der Waals surface area contributed by atoms with Crippen LogP contribution >= 0.6 is 0 Å². The molecule has 1 heterocycles. The molecule has 0 aliphatic heterocycles. The van der Waals surface area contributed by atoms with Crippen LogP contribution in [0.5, 0.6) is 0 Å². The molecule has 1 atom stereocenters. The average molecular weight is 298 g/mol. The highest BCUT2D eigenvalue weighted by atomic mass is 16.1. The maximum Gasteiger partial charge on any atom is 0.226 e. The van der Waals surface area contributed by atoms with Gasteiger partial charge in [-0.3, -0.25) is 4.79 Å². The normalized spacial score (nSPS) is 17.0. The number of carbonyl (C=O) groups is 1. The summed E-state index contributed by atoms with van der Waals surface area (Å²) >= 11 is 0. The van der Waals surface area contributed by atoms with E-state index in [1.165, 1.54) is 11.1 Å². The number of nitrogens with zero attached hydrogens (tertiary/aromatic N) is 2. The van der Waals surface area contributed by atoms with Crippen molar-refractivity contribution in [2.75, 3.05) is 18.9 Å². The number of amides is 1. The van der Waals surface area contributed by atoms with Gasteiger partial charge < -0.3 is 10.6 Å². The molecule has 22 heavy (non-hydrogen) atoms. The molecule has 1 aromatic carbocycles. The predicted octanol–water partition coefficient (Wildman–Crippen LogP) is 2.36. The van der Waals surface area contributed by atoms with Crippen molar-refractivity contribution in [3.63, 3.8) is 0 Å². The van der Waals surface area contributed by atoms with Gasteiger partial charge in [-0.25, -0.2) is 4.68 Å². The van der Waals surface area contributed by atoms with E-state index < -0.39 is 0 Å². The fourth-order valence-corrected chi connectivity index (χ4v) is 3.09. The molecular formula is C17H22N4O. The Morgan fingerprint density at radius 3 is 3.09 bits per heavy atom. The summed E-state index contributed by atoms with van der Waals surface area (Å²) in [6, 6.07) is 10.6. The lowest BCUT2D eigenvalue weighted by atomic mass is 9.88. The Bertz CT molecular complexity index is 650. The number of rotatable bonds is 5. The molecule has 116 valence electrons. The van der Waals surface area contributed by atoms with Crippen LogP contribution < -0.4 is 10.6 Å². The quantitative estimate of drug-likeness (QED) is 0.891. The predicted molar refractivity (Wildman–Crippen MR) is 86.9 cm³/mol. The number of aromatic nitrogens is 2. The van der Waals surface area contributed by atoms with Crippen molar-refractivity contribution < 1.29 is 4.79 Å². The molecule has 5 nitrogen and oxygen atoms in total. The van der Waals surface area contributed by atoms with Crippen LogP contribution in [0.15, 0.2) is 36.5 Å². The molecule has 3 rings (SSSR count). The number of anilines is 1. The van der Waals surface area contributed by atoms with Gasteiger partial charge in [-0.1, -0.05) is 24.3 Å². The van der Waals surface area contributed by atoms with Gasteiger partial charge in [0.25, 0.3) is 0 Å². The maximum absolute atomic E-state index is 12.0. The van der Waals surface area contributed by atoms with Crippen molar-refractivity contribution in [2.24, 2.45) is 0 Å². The standard InChI is InChI=1S/C17H22N4O/c1-18-11-10-17(22)20-16-9-12-19-21(16)15-8-4-6-13-5-2-3-7-14(13)15/h2-3,5,7,9,12,15,18H,4,6,8,10-11H2,1H3,(H,20,22). The van der Waals surface area contributed by atoms with Crippen molar-refractivity contribution in [2.45, 2.75) is 31.7 Å². The van der Waals surface area contributed by atoms with Crippen molar-refractivity contribution in [3.8, 4) is 0 Å². The molecule has 0 fully saturated rings. The van der Waals surface area contributed by atoms with E-state index in [1.54, 1.807) is 6.20 Å². The van der Waals surface area contributed by atoms with E-state index in [4.69, 9.17) is 0 Å². The average Bonchev–Trinajstić information content (AvgIpc) is 3.00. The first-order valence-electron chi connectivity index (χ1n) is 7.85. The third-order valence-electron chi connectivity index (χ3n) is 4.17. The first-order chi connectivity index (χ1) is 10.8. The van der Waals surface area contributed by atoms with E-state index >= 15 is 0 Å². The van der Waals surface area contributed by atoms with Gasteiger partial charge in [-0.05, 0) is 37.4 Å². The zero-order chi connectivity index (χ0) is 15.4. The van der Waals surface area contributed by atoms with Crippen LogP contribution in [-0.4, -0.2) is 29.3 Å². The first-order valence-corrected chi connectivity index (χ1v) is 7.85. The largest absolute Gasteiger partial charge is 0.319 e. The van der Waals surface area contributed by atoms with Crippen LogP contribution in [0.4, 0.5) is 5.82 Å². The maximum atomic E-state index is 12.0. The van der Waals surface area contributed by atoms with Crippen LogP contribution in [-0.2, 0) is 11.2 Å². The molecule has 2 N–H and O–H groups in total. The van der Waals surface area contributed by atoms with Crippen molar-refractivity contribution in [1.82, 2.24) is 15.1 Å². The summed E-state index contributed by atoms with van der Waals surface area (Å²) in [7, 11) is 1.84. The van der Waals surface area contributed by atoms with Gasteiger partial charge in [0.05, 0.1) is 12.2 Å². The minimum absolute atomic E-state index is 0.0141. The van der Waals surface area contributed by atoms with E-state index in [0.29, 0.717) is 13.0 Å². The molecule has 1 aromatic heterocycles. The van der Waals surface area contributed by atoms with E-state index in [9.17, 15) is 4.79 Å². The zero-order valence-corrected chi connectivity index (χ0v) is 12.9. The summed E-state index contributed by atoms with van der Waals surface area (Å²) in [5, 5.41) is 10.4.